The van der Waals surface area contributed by atoms with E-state index in [1.165, 1.54) is 10.8 Å². The van der Waals surface area contributed by atoms with Crippen molar-refractivity contribution in [2.45, 2.75) is 18.2 Å². The number of rotatable bonds is 7. The Balaban J connectivity index is 1.51. The second-order valence-electron chi connectivity index (χ2n) is 6.44. The third-order valence-corrected chi connectivity index (χ3v) is 5.31. The molecular weight excluding hydrogens is 420 g/mol. The fraction of sp³-hybridized carbons (Fsp3) is 0.150. The maximum atomic E-state index is 12.8. The Morgan fingerprint density at radius 3 is 2.81 bits per heavy atom. The molecule has 0 aliphatic heterocycles. The molecule has 0 fully saturated rings. The minimum Gasteiger partial charge on any atom is -0.467 e. The van der Waals surface area contributed by atoms with Crippen molar-refractivity contribution in [1.82, 2.24) is 29.8 Å². The van der Waals surface area contributed by atoms with Crippen LogP contribution >= 0.6 is 11.8 Å². The van der Waals surface area contributed by atoms with Gasteiger partial charge in [-0.2, -0.15) is 0 Å². The molecule has 31 heavy (non-hydrogen) atoms. The molecule has 4 rings (SSSR count). The van der Waals surface area contributed by atoms with Crippen LogP contribution in [0.2, 0.25) is 0 Å². The van der Waals surface area contributed by atoms with Gasteiger partial charge in [-0.25, -0.2) is 4.79 Å². The van der Waals surface area contributed by atoms with Crippen molar-refractivity contribution >= 4 is 40.4 Å². The summed E-state index contributed by atoms with van der Waals surface area (Å²) in [5.74, 6) is 0.360. The number of thioether (sulfide) groups is 1. The van der Waals surface area contributed by atoms with E-state index < -0.39 is 11.9 Å². The summed E-state index contributed by atoms with van der Waals surface area (Å²) in [6, 6.07) is 9.89. The highest BCUT2D eigenvalue weighted by molar-refractivity contribution is 7.99. The van der Waals surface area contributed by atoms with Crippen LogP contribution in [0.25, 0.3) is 16.7 Å². The maximum Gasteiger partial charge on any atom is 0.321 e. The highest BCUT2D eigenvalue weighted by atomic mass is 32.2. The number of imide groups is 1. The van der Waals surface area contributed by atoms with Gasteiger partial charge in [-0.3, -0.25) is 23.9 Å². The smallest absolute Gasteiger partial charge is 0.321 e. The van der Waals surface area contributed by atoms with E-state index in [4.69, 9.17) is 4.42 Å². The van der Waals surface area contributed by atoms with Gasteiger partial charge in [-0.05, 0) is 24.3 Å². The van der Waals surface area contributed by atoms with E-state index in [2.05, 4.69) is 27.4 Å². The number of carbonyl (C=O) groups excluding carboxylic acids is 2. The summed E-state index contributed by atoms with van der Waals surface area (Å²) >= 11 is 1.11. The highest BCUT2D eigenvalue weighted by Gasteiger charge is 2.17. The number of furan rings is 1. The molecule has 3 aromatic heterocycles. The number of benzene rings is 1. The van der Waals surface area contributed by atoms with Crippen LogP contribution in [-0.2, 0) is 17.9 Å². The topological polar surface area (TPSA) is 124 Å². The number of urea groups is 1. The van der Waals surface area contributed by atoms with Crippen LogP contribution < -0.4 is 16.2 Å². The summed E-state index contributed by atoms with van der Waals surface area (Å²) in [5.41, 5.74) is 0.435. The minimum atomic E-state index is -0.627. The number of allylic oxidation sites excluding steroid dienone is 1. The summed E-state index contributed by atoms with van der Waals surface area (Å²) in [6.45, 7) is 4.13. The predicted molar refractivity (Wildman–Crippen MR) is 115 cm³/mol. The van der Waals surface area contributed by atoms with E-state index in [9.17, 15) is 14.4 Å². The summed E-state index contributed by atoms with van der Waals surface area (Å²) < 4.78 is 8.30. The zero-order valence-electron chi connectivity index (χ0n) is 16.3. The van der Waals surface area contributed by atoms with Gasteiger partial charge in [0.1, 0.15) is 5.76 Å². The molecule has 0 bridgehead atoms. The average Bonchev–Trinajstić information content (AvgIpc) is 3.44. The van der Waals surface area contributed by atoms with Gasteiger partial charge in [0.05, 0.1) is 29.5 Å². The van der Waals surface area contributed by atoms with Crippen molar-refractivity contribution in [3.8, 4) is 0 Å². The first kappa shape index (κ1) is 20.4. The minimum absolute atomic E-state index is 0.0656. The molecule has 3 amide bonds. The fourth-order valence-corrected chi connectivity index (χ4v) is 3.78. The van der Waals surface area contributed by atoms with Crippen LogP contribution in [0.15, 0.2) is 69.7 Å². The molecule has 4 aromatic rings. The van der Waals surface area contributed by atoms with Crippen molar-refractivity contribution in [2.24, 2.45) is 0 Å². The molecule has 158 valence electrons. The van der Waals surface area contributed by atoms with E-state index in [0.717, 1.165) is 11.8 Å². The summed E-state index contributed by atoms with van der Waals surface area (Å²) in [6.07, 6.45) is 3.10. The fourth-order valence-electron chi connectivity index (χ4n) is 3.04. The molecule has 1 aromatic carbocycles. The van der Waals surface area contributed by atoms with Crippen LogP contribution in [0.5, 0.6) is 0 Å². The molecule has 0 saturated heterocycles. The monoisotopic (exact) mass is 438 g/mol. The van der Waals surface area contributed by atoms with Gasteiger partial charge in [0.15, 0.2) is 5.16 Å². The Kier molecular flexibility index (Phi) is 5.85. The second kappa shape index (κ2) is 8.88. The molecule has 0 radical (unpaired) electrons. The number of aromatic nitrogens is 4. The summed E-state index contributed by atoms with van der Waals surface area (Å²) in [5, 5.41) is 14.0. The quantitative estimate of drug-likeness (QED) is 0.334. The molecular formula is C20H18N6O4S. The number of carbonyl (C=O) groups is 2. The molecule has 0 atom stereocenters. The van der Waals surface area contributed by atoms with Crippen LogP contribution in [-0.4, -0.2) is 36.9 Å². The van der Waals surface area contributed by atoms with Crippen molar-refractivity contribution in [2.75, 3.05) is 5.75 Å². The Morgan fingerprint density at radius 2 is 2.03 bits per heavy atom. The van der Waals surface area contributed by atoms with E-state index in [0.29, 0.717) is 27.6 Å². The maximum absolute atomic E-state index is 12.8. The van der Waals surface area contributed by atoms with E-state index in [1.807, 2.05) is 6.07 Å². The van der Waals surface area contributed by atoms with Gasteiger partial charge >= 0.3 is 6.03 Å². The second-order valence-corrected chi connectivity index (χ2v) is 7.38. The van der Waals surface area contributed by atoms with Crippen LogP contribution in [0, 0.1) is 0 Å². The molecule has 10 nitrogen and oxygen atoms in total. The first-order valence-corrected chi connectivity index (χ1v) is 10.3. The van der Waals surface area contributed by atoms with Gasteiger partial charge in [-0.15, -0.1) is 16.8 Å². The van der Waals surface area contributed by atoms with Gasteiger partial charge in [0.25, 0.3) is 5.56 Å². The molecule has 0 aliphatic carbocycles. The van der Waals surface area contributed by atoms with Crippen LogP contribution in [0.3, 0.4) is 0 Å². The standard InChI is InChI=1S/C20H18N6O4S/c1-2-9-25-17(28)14-7-3-4-8-15(14)26-19(25)23-24-20(26)31-12-16(27)22-18(29)21-11-13-6-5-10-30-13/h2-8,10H,1,9,11-12H2,(H2,21,22,27,29). The molecule has 11 heteroatoms. The third-order valence-electron chi connectivity index (χ3n) is 4.38. The first-order chi connectivity index (χ1) is 15.1. The largest absolute Gasteiger partial charge is 0.467 e. The van der Waals surface area contributed by atoms with E-state index in [1.54, 1.807) is 40.8 Å². The molecule has 0 spiro atoms. The number of nitrogens with one attached hydrogen (secondary N) is 2. The van der Waals surface area contributed by atoms with Crippen molar-refractivity contribution in [3.05, 3.63) is 71.4 Å². The molecule has 0 aliphatic rings. The number of hydrogen-bond donors (Lipinski definition) is 2. The van der Waals surface area contributed by atoms with Crippen molar-refractivity contribution in [3.63, 3.8) is 0 Å². The highest BCUT2D eigenvalue weighted by Crippen LogP contribution is 2.21. The van der Waals surface area contributed by atoms with Crippen LogP contribution in [0.4, 0.5) is 4.79 Å². The number of fused-ring (bicyclic) bond motifs is 3. The number of amides is 3. The Bertz CT molecular complexity index is 1320. The SMILES string of the molecule is C=CCn1c(=O)c2ccccc2n2c(SCC(=O)NC(=O)NCc3ccco3)nnc12. The third kappa shape index (κ3) is 4.21. The number of nitrogens with zero attached hydrogens (tertiary/aromatic N) is 4. The predicted octanol–water partition coefficient (Wildman–Crippen LogP) is 1.94. The lowest BCUT2D eigenvalue weighted by molar-refractivity contribution is -0.117. The zero-order chi connectivity index (χ0) is 21.8. The average molecular weight is 438 g/mol. The molecule has 3 heterocycles. The normalized spacial score (nSPS) is 11.0. The molecule has 0 saturated carbocycles. The van der Waals surface area contributed by atoms with Crippen molar-refractivity contribution in [1.29, 1.82) is 0 Å². The summed E-state index contributed by atoms with van der Waals surface area (Å²) in [4.78, 5) is 36.9. The van der Waals surface area contributed by atoms with Gasteiger partial charge in [0.2, 0.25) is 11.7 Å². The van der Waals surface area contributed by atoms with E-state index in [-0.39, 0.29) is 24.4 Å². The van der Waals surface area contributed by atoms with Crippen molar-refractivity contribution < 1.29 is 14.0 Å². The number of hydrogen-bond acceptors (Lipinski definition) is 7. The lowest BCUT2D eigenvalue weighted by atomic mass is 10.2. The molecule has 0 unspecified atom stereocenters. The van der Waals surface area contributed by atoms with E-state index >= 15 is 0 Å². The Labute approximate surface area is 179 Å². The van der Waals surface area contributed by atoms with Gasteiger partial charge in [0, 0.05) is 6.54 Å². The first-order valence-electron chi connectivity index (χ1n) is 9.29. The molecule has 2 N–H and O–H groups in total. The van der Waals surface area contributed by atoms with Gasteiger partial charge in [-0.1, -0.05) is 30.0 Å². The number of para-hydroxylation sites is 1. The zero-order valence-corrected chi connectivity index (χ0v) is 17.1. The van der Waals surface area contributed by atoms with Crippen LogP contribution in [0.1, 0.15) is 5.76 Å². The Hall–Kier alpha value is -3.86. The Morgan fingerprint density at radius 1 is 1.19 bits per heavy atom. The summed E-state index contributed by atoms with van der Waals surface area (Å²) in [7, 11) is 0. The van der Waals surface area contributed by atoms with Gasteiger partial charge < -0.3 is 9.73 Å². The lowest BCUT2D eigenvalue weighted by Gasteiger charge is -2.09. The lowest BCUT2D eigenvalue weighted by Crippen LogP contribution is -2.39.